The van der Waals surface area contributed by atoms with Crippen molar-refractivity contribution in [3.05, 3.63) is 40.7 Å². The lowest BCUT2D eigenvalue weighted by Crippen LogP contribution is -2.46. The van der Waals surface area contributed by atoms with Crippen LogP contribution in [0, 0.1) is 5.82 Å². The minimum absolute atomic E-state index is 0.0197. The van der Waals surface area contributed by atoms with E-state index in [1.165, 1.54) is 18.2 Å². The molecule has 2 rings (SSSR count). The van der Waals surface area contributed by atoms with Crippen molar-refractivity contribution in [3.63, 3.8) is 0 Å². The fraction of sp³-hybridized carbons (Fsp3) is 0.357. The molecule has 1 fully saturated rings. The number of carbonyl (C=O) groups is 1. The molecular formula is C14H15ClFNO3. The van der Waals surface area contributed by atoms with E-state index in [4.69, 9.17) is 21.4 Å². The molecule has 1 heterocycles. The van der Waals surface area contributed by atoms with Crippen molar-refractivity contribution in [3.8, 4) is 0 Å². The maximum absolute atomic E-state index is 13.0. The van der Waals surface area contributed by atoms with E-state index in [9.17, 15) is 9.18 Å². The Balaban J connectivity index is 1.99. The van der Waals surface area contributed by atoms with E-state index < -0.39 is 5.82 Å². The van der Waals surface area contributed by atoms with Gasteiger partial charge in [-0.15, -0.1) is 0 Å². The van der Waals surface area contributed by atoms with Crippen molar-refractivity contribution >= 4 is 23.6 Å². The second-order valence-corrected chi connectivity index (χ2v) is 4.87. The Labute approximate surface area is 121 Å². The van der Waals surface area contributed by atoms with Crippen LogP contribution in [0.1, 0.15) is 5.56 Å². The van der Waals surface area contributed by atoms with Crippen molar-refractivity contribution in [2.75, 3.05) is 26.3 Å². The van der Waals surface area contributed by atoms with Crippen LogP contribution in [0.5, 0.6) is 0 Å². The number of amides is 1. The molecule has 108 valence electrons. The van der Waals surface area contributed by atoms with E-state index in [1.54, 1.807) is 17.0 Å². The molecular weight excluding hydrogens is 285 g/mol. The Morgan fingerprint density at radius 3 is 3.10 bits per heavy atom. The Hall–Kier alpha value is -1.43. The third-order valence-electron chi connectivity index (χ3n) is 3.02. The highest BCUT2D eigenvalue weighted by molar-refractivity contribution is 6.30. The summed E-state index contributed by atoms with van der Waals surface area (Å²) < 4.78 is 18.3. The first-order valence-corrected chi connectivity index (χ1v) is 6.62. The van der Waals surface area contributed by atoms with Gasteiger partial charge in [0.2, 0.25) is 5.91 Å². The van der Waals surface area contributed by atoms with Gasteiger partial charge in [0.25, 0.3) is 0 Å². The Bertz CT molecular complexity index is 521. The smallest absolute Gasteiger partial charge is 0.246 e. The summed E-state index contributed by atoms with van der Waals surface area (Å²) in [5.41, 5.74) is 0.650. The van der Waals surface area contributed by atoms with Gasteiger partial charge in [-0.3, -0.25) is 4.79 Å². The second kappa shape index (κ2) is 6.83. The van der Waals surface area contributed by atoms with Crippen molar-refractivity contribution in [1.29, 1.82) is 0 Å². The number of halogens is 2. The molecule has 4 nitrogen and oxygen atoms in total. The molecule has 6 heteroatoms. The molecule has 1 aromatic carbocycles. The molecule has 0 aliphatic carbocycles. The van der Waals surface area contributed by atoms with Crippen LogP contribution < -0.4 is 0 Å². The number of hydrogen-bond acceptors (Lipinski definition) is 3. The van der Waals surface area contributed by atoms with Crippen LogP contribution >= 0.6 is 11.6 Å². The van der Waals surface area contributed by atoms with Crippen molar-refractivity contribution in [2.45, 2.75) is 6.10 Å². The van der Waals surface area contributed by atoms with E-state index in [2.05, 4.69) is 0 Å². The fourth-order valence-corrected chi connectivity index (χ4v) is 2.11. The zero-order chi connectivity index (χ0) is 14.5. The predicted octanol–water partition coefficient (Wildman–Crippen LogP) is 1.71. The number of carbonyl (C=O) groups excluding carboxylic acids is 1. The average molecular weight is 300 g/mol. The number of rotatable bonds is 3. The molecule has 1 amide bonds. The molecule has 1 unspecified atom stereocenters. The van der Waals surface area contributed by atoms with Gasteiger partial charge < -0.3 is 14.7 Å². The van der Waals surface area contributed by atoms with Gasteiger partial charge >= 0.3 is 0 Å². The number of morpholine rings is 1. The van der Waals surface area contributed by atoms with Crippen LogP contribution in [0.3, 0.4) is 0 Å². The Morgan fingerprint density at radius 2 is 2.40 bits per heavy atom. The minimum atomic E-state index is -0.492. The van der Waals surface area contributed by atoms with Crippen molar-refractivity contribution in [2.24, 2.45) is 0 Å². The first-order chi connectivity index (χ1) is 9.60. The number of ether oxygens (including phenoxy) is 1. The Kier molecular flexibility index (Phi) is 5.11. The zero-order valence-electron chi connectivity index (χ0n) is 10.8. The molecule has 1 aliphatic heterocycles. The topological polar surface area (TPSA) is 49.8 Å². The normalized spacial score (nSPS) is 19.6. The highest BCUT2D eigenvalue weighted by Gasteiger charge is 2.22. The van der Waals surface area contributed by atoms with Gasteiger partial charge in [-0.25, -0.2) is 4.39 Å². The average Bonchev–Trinajstić information content (AvgIpc) is 2.48. The molecule has 0 spiro atoms. The molecule has 1 aliphatic rings. The first kappa shape index (κ1) is 15.0. The van der Waals surface area contributed by atoms with Gasteiger partial charge in [0.05, 0.1) is 24.3 Å². The highest BCUT2D eigenvalue weighted by atomic mass is 35.5. The van der Waals surface area contributed by atoms with Gasteiger partial charge in [-0.05, 0) is 23.8 Å². The molecule has 20 heavy (non-hydrogen) atoms. The van der Waals surface area contributed by atoms with Crippen LogP contribution in [0.2, 0.25) is 5.02 Å². The summed E-state index contributed by atoms with van der Waals surface area (Å²) in [5.74, 6) is -0.665. The van der Waals surface area contributed by atoms with Gasteiger partial charge in [0.1, 0.15) is 5.82 Å². The van der Waals surface area contributed by atoms with Gasteiger partial charge in [0.15, 0.2) is 0 Å². The van der Waals surface area contributed by atoms with E-state index in [0.29, 0.717) is 25.3 Å². The largest absolute Gasteiger partial charge is 0.394 e. The van der Waals surface area contributed by atoms with E-state index in [-0.39, 0.29) is 23.6 Å². The molecule has 1 aromatic rings. The third-order valence-corrected chi connectivity index (χ3v) is 3.31. The van der Waals surface area contributed by atoms with Crippen LogP contribution in [0.25, 0.3) is 6.08 Å². The van der Waals surface area contributed by atoms with Crippen LogP contribution in [-0.4, -0.2) is 48.3 Å². The summed E-state index contributed by atoms with van der Waals surface area (Å²) in [6, 6.07) is 4.25. The van der Waals surface area contributed by atoms with Crippen LogP contribution in [0.15, 0.2) is 24.3 Å². The molecule has 1 N–H and O–H groups in total. The SMILES string of the molecule is O=C(/C=C/c1ccc(F)c(Cl)c1)N1CCOC(CO)C1. The molecule has 1 saturated heterocycles. The molecule has 0 aromatic heterocycles. The first-order valence-electron chi connectivity index (χ1n) is 6.24. The number of aliphatic hydroxyl groups excluding tert-OH is 1. The van der Waals surface area contributed by atoms with Crippen molar-refractivity contribution in [1.82, 2.24) is 4.90 Å². The van der Waals surface area contributed by atoms with E-state index in [0.717, 1.165) is 0 Å². The summed E-state index contributed by atoms with van der Waals surface area (Å²) in [4.78, 5) is 13.6. The predicted molar refractivity (Wildman–Crippen MR) is 73.8 cm³/mol. The molecule has 1 atom stereocenters. The summed E-state index contributed by atoms with van der Waals surface area (Å²) in [7, 11) is 0. The van der Waals surface area contributed by atoms with Crippen molar-refractivity contribution < 1.29 is 19.0 Å². The van der Waals surface area contributed by atoms with Crippen LogP contribution in [-0.2, 0) is 9.53 Å². The lowest BCUT2D eigenvalue weighted by Gasteiger charge is -2.31. The molecule has 0 bridgehead atoms. The van der Waals surface area contributed by atoms with Gasteiger partial charge in [0, 0.05) is 19.2 Å². The maximum atomic E-state index is 13.0. The minimum Gasteiger partial charge on any atom is -0.394 e. The highest BCUT2D eigenvalue weighted by Crippen LogP contribution is 2.17. The molecule has 0 saturated carbocycles. The van der Waals surface area contributed by atoms with Gasteiger partial charge in [-0.2, -0.15) is 0 Å². The summed E-state index contributed by atoms with van der Waals surface area (Å²) >= 11 is 5.67. The number of hydrogen-bond donors (Lipinski definition) is 1. The van der Waals surface area contributed by atoms with Gasteiger partial charge in [-0.1, -0.05) is 17.7 Å². The summed E-state index contributed by atoms with van der Waals surface area (Å²) in [5, 5.41) is 9.04. The van der Waals surface area contributed by atoms with E-state index in [1.807, 2.05) is 0 Å². The standard InChI is InChI=1S/C14H15ClFNO3/c15-12-7-10(1-3-13(12)16)2-4-14(19)17-5-6-20-11(8-17)9-18/h1-4,7,11,18H,5-6,8-9H2/b4-2+. The maximum Gasteiger partial charge on any atom is 0.246 e. The van der Waals surface area contributed by atoms with Crippen LogP contribution in [0.4, 0.5) is 4.39 Å². The second-order valence-electron chi connectivity index (χ2n) is 4.47. The lowest BCUT2D eigenvalue weighted by molar-refractivity contribution is -0.134. The number of benzene rings is 1. The monoisotopic (exact) mass is 299 g/mol. The lowest BCUT2D eigenvalue weighted by atomic mass is 10.2. The Morgan fingerprint density at radius 1 is 1.60 bits per heavy atom. The zero-order valence-corrected chi connectivity index (χ0v) is 11.5. The third kappa shape index (κ3) is 3.79. The van der Waals surface area contributed by atoms with E-state index >= 15 is 0 Å². The summed E-state index contributed by atoms with van der Waals surface area (Å²) in [6.45, 7) is 1.15. The quantitative estimate of drug-likeness (QED) is 0.865. The fourth-order valence-electron chi connectivity index (χ4n) is 1.92. The number of aliphatic hydroxyl groups is 1. The summed E-state index contributed by atoms with van der Waals surface area (Å²) in [6.07, 6.45) is 2.65. The number of nitrogens with zero attached hydrogens (tertiary/aromatic N) is 1. The molecule has 0 radical (unpaired) electrons.